The van der Waals surface area contributed by atoms with Gasteiger partial charge in [0.15, 0.2) is 0 Å². The summed E-state index contributed by atoms with van der Waals surface area (Å²) in [6.07, 6.45) is 3.56. The SMILES string of the molecule is Cc1cccc(CCN2CCN(c3cc(N4CCCC4)nc(C)n3)CC2)n1. The molecule has 2 saturated heterocycles. The summed E-state index contributed by atoms with van der Waals surface area (Å²) >= 11 is 0. The molecule has 144 valence electrons. The molecule has 0 unspecified atom stereocenters. The second-order valence-corrected chi connectivity index (χ2v) is 7.67. The molecule has 0 N–H and O–H groups in total. The largest absolute Gasteiger partial charge is 0.356 e. The first kappa shape index (κ1) is 18.2. The molecule has 4 heterocycles. The van der Waals surface area contributed by atoms with Crippen LogP contribution in [0.5, 0.6) is 0 Å². The molecule has 2 aromatic rings. The van der Waals surface area contributed by atoms with E-state index >= 15 is 0 Å². The van der Waals surface area contributed by atoms with Gasteiger partial charge in [-0.05, 0) is 38.8 Å². The molecule has 0 aliphatic carbocycles. The highest BCUT2D eigenvalue weighted by molar-refractivity contribution is 5.51. The Morgan fingerprint density at radius 3 is 2.15 bits per heavy atom. The van der Waals surface area contributed by atoms with Crippen LogP contribution in [0.3, 0.4) is 0 Å². The average molecular weight is 367 g/mol. The quantitative estimate of drug-likeness (QED) is 0.810. The molecule has 0 atom stereocenters. The summed E-state index contributed by atoms with van der Waals surface area (Å²) in [5.74, 6) is 3.06. The number of piperazine rings is 1. The van der Waals surface area contributed by atoms with E-state index in [-0.39, 0.29) is 0 Å². The molecule has 2 fully saturated rings. The third-order valence-corrected chi connectivity index (χ3v) is 5.57. The van der Waals surface area contributed by atoms with Gasteiger partial charge in [-0.2, -0.15) is 0 Å². The summed E-state index contributed by atoms with van der Waals surface area (Å²) in [6.45, 7) is 11.6. The fourth-order valence-corrected chi connectivity index (χ4v) is 4.02. The summed E-state index contributed by atoms with van der Waals surface area (Å²) < 4.78 is 0. The van der Waals surface area contributed by atoms with Crippen LogP contribution in [0.2, 0.25) is 0 Å². The Balaban J connectivity index is 1.33. The van der Waals surface area contributed by atoms with Gasteiger partial charge in [0.25, 0.3) is 0 Å². The molecule has 0 bridgehead atoms. The fourth-order valence-electron chi connectivity index (χ4n) is 4.02. The van der Waals surface area contributed by atoms with Crippen molar-refractivity contribution in [3.63, 3.8) is 0 Å². The van der Waals surface area contributed by atoms with Crippen molar-refractivity contribution >= 4 is 11.6 Å². The molecular weight excluding hydrogens is 336 g/mol. The molecule has 6 nitrogen and oxygen atoms in total. The van der Waals surface area contributed by atoms with Gasteiger partial charge >= 0.3 is 0 Å². The lowest BCUT2D eigenvalue weighted by molar-refractivity contribution is 0.259. The number of aromatic nitrogens is 3. The van der Waals surface area contributed by atoms with Crippen LogP contribution in [0.1, 0.15) is 30.1 Å². The standard InChI is InChI=1S/C21H30N6/c1-17-6-5-7-19(22-17)8-11-25-12-14-27(15-13-25)21-16-20(23-18(2)24-21)26-9-3-4-10-26/h5-7,16H,3-4,8-15H2,1-2H3. The zero-order chi connectivity index (χ0) is 18.6. The van der Waals surface area contributed by atoms with Gasteiger partial charge in [0.05, 0.1) is 0 Å². The van der Waals surface area contributed by atoms with Crippen LogP contribution >= 0.6 is 0 Å². The maximum Gasteiger partial charge on any atom is 0.134 e. The second-order valence-electron chi connectivity index (χ2n) is 7.67. The summed E-state index contributed by atoms with van der Waals surface area (Å²) in [6, 6.07) is 8.48. The van der Waals surface area contributed by atoms with E-state index in [9.17, 15) is 0 Å². The number of rotatable bonds is 5. The predicted molar refractivity (Wildman–Crippen MR) is 110 cm³/mol. The highest BCUT2D eigenvalue weighted by atomic mass is 15.3. The van der Waals surface area contributed by atoms with Crippen LogP contribution in [0.4, 0.5) is 11.6 Å². The first-order chi connectivity index (χ1) is 13.2. The molecule has 0 aromatic carbocycles. The third kappa shape index (κ3) is 4.56. The summed E-state index contributed by atoms with van der Waals surface area (Å²) in [5, 5.41) is 0. The van der Waals surface area contributed by atoms with E-state index in [4.69, 9.17) is 4.98 Å². The Labute approximate surface area is 162 Å². The van der Waals surface area contributed by atoms with Crippen molar-refractivity contribution in [1.29, 1.82) is 0 Å². The van der Waals surface area contributed by atoms with Gasteiger partial charge in [-0.3, -0.25) is 9.88 Å². The number of aryl methyl sites for hydroxylation is 2. The predicted octanol–water partition coefficient (Wildman–Crippen LogP) is 2.45. The monoisotopic (exact) mass is 366 g/mol. The third-order valence-electron chi connectivity index (χ3n) is 5.57. The van der Waals surface area contributed by atoms with E-state index < -0.39 is 0 Å². The Kier molecular flexibility index (Phi) is 5.53. The maximum atomic E-state index is 4.72. The number of pyridine rings is 1. The van der Waals surface area contributed by atoms with Crippen molar-refractivity contribution in [2.75, 3.05) is 55.6 Å². The lowest BCUT2D eigenvalue weighted by Crippen LogP contribution is -2.47. The van der Waals surface area contributed by atoms with Crippen molar-refractivity contribution in [3.8, 4) is 0 Å². The molecular formula is C21H30N6. The molecule has 4 rings (SSSR count). The van der Waals surface area contributed by atoms with Crippen LogP contribution in [-0.4, -0.2) is 65.7 Å². The van der Waals surface area contributed by atoms with E-state index in [1.807, 2.05) is 6.92 Å². The van der Waals surface area contributed by atoms with Crippen molar-refractivity contribution in [2.45, 2.75) is 33.1 Å². The number of anilines is 2. The van der Waals surface area contributed by atoms with Crippen molar-refractivity contribution in [1.82, 2.24) is 19.9 Å². The van der Waals surface area contributed by atoms with Crippen LogP contribution < -0.4 is 9.80 Å². The van der Waals surface area contributed by atoms with Crippen molar-refractivity contribution in [2.24, 2.45) is 0 Å². The van der Waals surface area contributed by atoms with Crippen LogP contribution in [0, 0.1) is 13.8 Å². The van der Waals surface area contributed by atoms with Crippen LogP contribution in [0.25, 0.3) is 0 Å². The first-order valence-electron chi connectivity index (χ1n) is 10.2. The Morgan fingerprint density at radius 2 is 1.48 bits per heavy atom. The maximum absolute atomic E-state index is 4.72. The lowest BCUT2D eigenvalue weighted by Gasteiger charge is -2.35. The van der Waals surface area contributed by atoms with Gasteiger partial charge in [-0.1, -0.05) is 6.07 Å². The van der Waals surface area contributed by atoms with E-state index in [1.165, 1.54) is 18.5 Å². The Morgan fingerprint density at radius 1 is 0.815 bits per heavy atom. The van der Waals surface area contributed by atoms with Crippen LogP contribution in [-0.2, 0) is 6.42 Å². The van der Waals surface area contributed by atoms with E-state index in [2.05, 4.69) is 55.9 Å². The zero-order valence-corrected chi connectivity index (χ0v) is 16.6. The van der Waals surface area contributed by atoms with Gasteiger partial charge in [-0.15, -0.1) is 0 Å². The molecule has 2 aromatic heterocycles. The molecule has 27 heavy (non-hydrogen) atoms. The molecule has 2 aliphatic heterocycles. The van der Waals surface area contributed by atoms with E-state index in [1.54, 1.807) is 0 Å². The lowest BCUT2D eigenvalue weighted by atomic mass is 10.2. The molecule has 0 saturated carbocycles. The Hall–Kier alpha value is -2.21. The van der Waals surface area contributed by atoms with Crippen molar-refractivity contribution in [3.05, 3.63) is 41.5 Å². The number of hydrogen-bond acceptors (Lipinski definition) is 6. The van der Waals surface area contributed by atoms with Crippen LogP contribution in [0.15, 0.2) is 24.3 Å². The topological polar surface area (TPSA) is 48.4 Å². The van der Waals surface area contributed by atoms with Gasteiger partial charge in [0.2, 0.25) is 0 Å². The van der Waals surface area contributed by atoms with Crippen molar-refractivity contribution < 1.29 is 0 Å². The van der Waals surface area contributed by atoms with Gasteiger partial charge in [0, 0.05) is 69.7 Å². The van der Waals surface area contributed by atoms with E-state index in [0.717, 1.165) is 75.4 Å². The minimum Gasteiger partial charge on any atom is -0.356 e. The number of hydrogen-bond donors (Lipinski definition) is 0. The summed E-state index contributed by atoms with van der Waals surface area (Å²) in [7, 11) is 0. The van der Waals surface area contributed by atoms with E-state index in [0.29, 0.717) is 0 Å². The second kappa shape index (κ2) is 8.21. The molecule has 0 amide bonds. The fraction of sp³-hybridized carbons (Fsp3) is 0.571. The highest BCUT2D eigenvalue weighted by Crippen LogP contribution is 2.23. The first-order valence-corrected chi connectivity index (χ1v) is 10.2. The van der Waals surface area contributed by atoms with Gasteiger partial charge in [-0.25, -0.2) is 9.97 Å². The van der Waals surface area contributed by atoms with Gasteiger partial charge < -0.3 is 9.80 Å². The molecule has 0 spiro atoms. The highest BCUT2D eigenvalue weighted by Gasteiger charge is 2.21. The smallest absolute Gasteiger partial charge is 0.134 e. The molecule has 0 radical (unpaired) electrons. The zero-order valence-electron chi connectivity index (χ0n) is 16.6. The summed E-state index contributed by atoms with van der Waals surface area (Å²) in [5.41, 5.74) is 2.30. The summed E-state index contributed by atoms with van der Waals surface area (Å²) in [4.78, 5) is 21.3. The molecule has 6 heteroatoms. The normalized spacial score (nSPS) is 18.3. The Bertz CT molecular complexity index is 763. The minimum atomic E-state index is 0.877. The number of nitrogens with zero attached hydrogens (tertiary/aromatic N) is 6. The average Bonchev–Trinajstić information content (AvgIpc) is 3.21. The minimum absolute atomic E-state index is 0.877. The van der Waals surface area contributed by atoms with Gasteiger partial charge in [0.1, 0.15) is 17.5 Å². The molecule has 2 aliphatic rings.